The van der Waals surface area contributed by atoms with Gasteiger partial charge in [-0.2, -0.15) is 0 Å². The van der Waals surface area contributed by atoms with Gasteiger partial charge in [-0.05, 0) is 36.2 Å². The average molecular weight is 424 g/mol. The lowest BCUT2D eigenvalue weighted by Gasteiger charge is -2.10. The molecule has 0 unspecified atom stereocenters. The minimum Gasteiger partial charge on any atom is -0.491 e. The van der Waals surface area contributed by atoms with Gasteiger partial charge in [0.25, 0.3) is 0 Å². The van der Waals surface area contributed by atoms with Gasteiger partial charge in [-0.25, -0.2) is 17.5 Å². The maximum absolute atomic E-state index is 13.4. The number of carbonyl (C=O) groups is 1. The average Bonchev–Trinajstić information content (AvgIpc) is 2.66. The van der Waals surface area contributed by atoms with Crippen molar-refractivity contribution in [2.75, 3.05) is 32.2 Å². The third-order valence-electron chi connectivity index (χ3n) is 3.84. The van der Waals surface area contributed by atoms with Crippen LogP contribution in [0.25, 0.3) is 0 Å². The summed E-state index contributed by atoms with van der Waals surface area (Å²) in [6.45, 7) is 0.694. The number of hydrogen-bond acceptors (Lipinski definition) is 5. The van der Waals surface area contributed by atoms with Crippen molar-refractivity contribution < 1.29 is 27.1 Å². The molecule has 0 saturated carbocycles. The van der Waals surface area contributed by atoms with Gasteiger partial charge in [0.2, 0.25) is 15.9 Å². The number of carbonyl (C=O) groups excluding carboxylic acids is 1. The summed E-state index contributed by atoms with van der Waals surface area (Å²) in [5.41, 5.74) is 1.06. The fourth-order valence-electron chi connectivity index (χ4n) is 2.51. The first-order chi connectivity index (χ1) is 13.9. The maximum atomic E-state index is 13.4. The molecule has 2 rings (SSSR count). The molecule has 158 valence electrons. The van der Waals surface area contributed by atoms with Crippen LogP contribution in [0.3, 0.4) is 0 Å². The molecule has 2 N–H and O–H groups in total. The molecule has 0 atom stereocenters. The zero-order valence-corrected chi connectivity index (χ0v) is 17.0. The van der Waals surface area contributed by atoms with E-state index in [4.69, 9.17) is 9.47 Å². The Morgan fingerprint density at radius 3 is 2.66 bits per heavy atom. The van der Waals surface area contributed by atoms with Gasteiger partial charge < -0.3 is 14.8 Å². The van der Waals surface area contributed by atoms with Gasteiger partial charge in [-0.1, -0.05) is 24.3 Å². The lowest BCUT2D eigenvalue weighted by molar-refractivity contribution is -0.116. The van der Waals surface area contributed by atoms with Gasteiger partial charge in [0.1, 0.15) is 0 Å². The predicted octanol–water partition coefficient (Wildman–Crippen LogP) is 2.69. The van der Waals surface area contributed by atoms with Gasteiger partial charge in [-0.15, -0.1) is 0 Å². The molecule has 0 radical (unpaired) electrons. The van der Waals surface area contributed by atoms with Crippen molar-refractivity contribution in [3.05, 3.63) is 59.9 Å². The highest BCUT2D eigenvalue weighted by molar-refractivity contribution is 7.88. The van der Waals surface area contributed by atoms with E-state index in [1.54, 1.807) is 36.4 Å². The van der Waals surface area contributed by atoms with Crippen molar-refractivity contribution >= 4 is 21.6 Å². The molecule has 0 bridgehead atoms. The smallest absolute Gasteiger partial charge is 0.224 e. The van der Waals surface area contributed by atoms with E-state index in [0.29, 0.717) is 17.7 Å². The van der Waals surface area contributed by atoms with Crippen LogP contribution >= 0.6 is 0 Å². The second kappa shape index (κ2) is 11.5. The molecule has 7 nitrogen and oxygen atoms in total. The van der Waals surface area contributed by atoms with Crippen LogP contribution in [0.5, 0.6) is 5.75 Å². The fraction of sp³-hybridized carbons (Fsp3) is 0.350. The first-order valence-electron chi connectivity index (χ1n) is 9.12. The van der Waals surface area contributed by atoms with E-state index in [9.17, 15) is 17.6 Å². The zero-order valence-electron chi connectivity index (χ0n) is 16.2. The lowest BCUT2D eigenvalue weighted by Crippen LogP contribution is -2.28. The fourth-order valence-corrected chi connectivity index (χ4v) is 3.62. The largest absolute Gasteiger partial charge is 0.491 e. The van der Waals surface area contributed by atoms with E-state index in [-0.39, 0.29) is 43.6 Å². The predicted molar refractivity (Wildman–Crippen MR) is 109 cm³/mol. The summed E-state index contributed by atoms with van der Waals surface area (Å²) in [4.78, 5) is 12.1. The Hall–Kier alpha value is -2.49. The normalized spacial score (nSPS) is 11.2. The Labute approximate surface area is 170 Å². The number of benzene rings is 2. The Morgan fingerprint density at radius 1 is 1.10 bits per heavy atom. The van der Waals surface area contributed by atoms with Crippen LogP contribution in [0, 0.1) is 5.82 Å². The van der Waals surface area contributed by atoms with Gasteiger partial charge in [0, 0.05) is 25.8 Å². The Kier molecular flexibility index (Phi) is 9.04. The number of anilines is 1. The van der Waals surface area contributed by atoms with Gasteiger partial charge in [0.05, 0.1) is 19.0 Å². The van der Waals surface area contributed by atoms with E-state index in [0.717, 1.165) is 0 Å². The van der Waals surface area contributed by atoms with Crippen molar-refractivity contribution in [1.29, 1.82) is 0 Å². The zero-order chi connectivity index (χ0) is 21.1. The molecular weight excluding hydrogens is 399 g/mol. The van der Waals surface area contributed by atoms with Gasteiger partial charge in [-0.3, -0.25) is 4.79 Å². The summed E-state index contributed by atoms with van der Waals surface area (Å²) >= 11 is 0. The molecule has 0 spiro atoms. The minimum atomic E-state index is -3.49. The van der Waals surface area contributed by atoms with E-state index in [1.165, 1.54) is 19.2 Å². The third-order valence-corrected chi connectivity index (χ3v) is 5.20. The number of nitrogens with one attached hydrogen (secondary N) is 2. The molecular formula is C20H25FN2O5S. The highest BCUT2D eigenvalue weighted by atomic mass is 32.2. The van der Waals surface area contributed by atoms with Crippen LogP contribution in [0.1, 0.15) is 18.4 Å². The molecule has 0 aliphatic rings. The van der Waals surface area contributed by atoms with Gasteiger partial charge in [0.15, 0.2) is 11.6 Å². The SMILES string of the molecule is COCCNS(=O)(=O)Cc1cccc(NC(=O)CCCOc2ccccc2F)c1. The molecule has 9 heteroatoms. The van der Waals surface area contributed by atoms with Crippen LogP contribution < -0.4 is 14.8 Å². The van der Waals surface area contributed by atoms with Crippen molar-refractivity contribution in [1.82, 2.24) is 4.72 Å². The summed E-state index contributed by atoms with van der Waals surface area (Å²) in [5, 5.41) is 2.73. The van der Waals surface area contributed by atoms with E-state index in [2.05, 4.69) is 10.0 Å². The summed E-state index contributed by atoms with van der Waals surface area (Å²) in [6, 6.07) is 12.7. The Balaban J connectivity index is 1.78. The first kappa shape index (κ1) is 22.8. The van der Waals surface area contributed by atoms with E-state index >= 15 is 0 Å². The van der Waals surface area contributed by atoms with Crippen LogP contribution in [0.2, 0.25) is 0 Å². The third kappa shape index (κ3) is 8.59. The van der Waals surface area contributed by atoms with Gasteiger partial charge >= 0.3 is 0 Å². The molecule has 29 heavy (non-hydrogen) atoms. The van der Waals surface area contributed by atoms with Crippen LogP contribution in [-0.4, -0.2) is 41.2 Å². The van der Waals surface area contributed by atoms with Crippen molar-refractivity contribution in [3.63, 3.8) is 0 Å². The molecule has 1 amide bonds. The quantitative estimate of drug-likeness (QED) is 0.511. The standard InChI is InChI=1S/C20H25FN2O5S/c1-27-13-11-22-29(25,26)15-16-6-4-7-17(14-16)23-20(24)10-5-12-28-19-9-3-2-8-18(19)21/h2-4,6-9,14,22H,5,10-13,15H2,1H3,(H,23,24). The molecule has 0 aromatic heterocycles. The molecule has 0 aliphatic heterocycles. The van der Waals surface area contributed by atoms with Crippen LogP contribution in [-0.2, 0) is 25.3 Å². The topological polar surface area (TPSA) is 93.7 Å². The molecule has 0 fully saturated rings. The van der Waals surface area contributed by atoms with E-state index < -0.39 is 15.8 Å². The Bertz CT molecular complexity index is 905. The maximum Gasteiger partial charge on any atom is 0.224 e. The van der Waals surface area contributed by atoms with Crippen LogP contribution in [0.4, 0.5) is 10.1 Å². The number of rotatable bonds is 12. The second-order valence-corrected chi connectivity index (χ2v) is 8.08. The molecule has 0 heterocycles. The molecule has 2 aromatic carbocycles. The number of halogens is 1. The van der Waals surface area contributed by atoms with Crippen molar-refractivity contribution in [2.24, 2.45) is 0 Å². The lowest BCUT2D eigenvalue weighted by atomic mass is 10.2. The summed E-state index contributed by atoms with van der Waals surface area (Å²) in [7, 11) is -2.00. The molecule has 0 aliphatic carbocycles. The highest BCUT2D eigenvalue weighted by Gasteiger charge is 2.12. The summed E-state index contributed by atoms with van der Waals surface area (Å²) in [5.74, 6) is -0.724. The molecule has 2 aromatic rings. The van der Waals surface area contributed by atoms with Crippen molar-refractivity contribution in [2.45, 2.75) is 18.6 Å². The van der Waals surface area contributed by atoms with E-state index in [1.807, 2.05) is 0 Å². The molecule has 0 saturated heterocycles. The van der Waals surface area contributed by atoms with Crippen molar-refractivity contribution in [3.8, 4) is 5.75 Å². The number of amides is 1. The number of ether oxygens (including phenoxy) is 2. The monoisotopic (exact) mass is 424 g/mol. The Morgan fingerprint density at radius 2 is 1.90 bits per heavy atom. The first-order valence-corrected chi connectivity index (χ1v) is 10.8. The summed E-state index contributed by atoms with van der Waals surface area (Å²) in [6.07, 6.45) is 0.604. The number of hydrogen-bond donors (Lipinski definition) is 2. The minimum absolute atomic E-state index is 0.154. The summed E-state index contributed by atoms with van der Waals surface area (Å²) < 4.78 is 50.1. The van der Waals surface area contributed by atoms with Crippen LogP contribution in [0.15, 0.2) is 48.5 Å². The number of sulfonamides is 1. The second-order valence-electron chi connectivity index (χ2n) is 6.28. The highest BCUT2D eigenvalue weighted by Crippen LogP contribution is 2.16. The number of para-hydroxylation sites is 1. The number of methoxy groups -OCH3 is 1.